The standard InChI is InChI=1S/C15H24N2O3/c1-4-19-13-7-5-6-8-14(13)20-10-9-12(15(16)18)17-11(2)3/h5-8,11-12,17H,4,9-10H2,1-3H3,(H2,16,18). The maximum atomic E-state index is 11.3. The van der Waals surface area contributed by atoms with Crippen LogP contribution in [0.15, 0.2) is 24.3 Å². The van der Waals surface area contributed by atoms with Gasteiger partial charge in [0.1, 0.15) is 0 Å². The van der Waals surface area contributed by atoms with Crippen LogP contribution in [0.4, 0.5) is 0 Å². The number of amides is 1. The number of nitrogens with one attached hydrogen (secondary N) is 1. The van der Waals surface area contributed by atoms with E-state index in [1.165, 1.54) is 0 Å². The first-order chi connectivity index (χ1) is 9.54. The van der Waals surface area contributed by atoms with Crippen LogP contribution >= 0.6 is 0 Å². The van der Waals surface area contributed by atoms with E-state index in [0.29, 0.717) is 31.1 Å². The maximum absolute atomic E-state index is 11.3. The lowest BCUT2D eigenvalue weighted by atomic mass is 10.2. The average Bonchev–Trinajstić information content (AvgIpc) is 2.39. The fourth-order valence-corrected chi connectivity index (χ4v) is 1.84. The number of carbonyl (C=O) groups is 1. The molecule has 0 fully saturated rings. The predicted octanol–water partition coefficient (Wildman–Crippen LogP) is 1.71. The van der Waals surface area contributed by atoms with Gasteiger partial charge in [-0.05, 0) is 19.1 Å². The van der Waals surface area contributed by atoms with Crippen molar-refractivity contribution in [3.05, 3.63) is 24.3 Å². The third-order valence-electron chi connectivity index (χ3n) is 2.69. The van der Waals surface area contributed by atoms with Crippen LogP contribution < -0.4 is 20.5 Å². The average molecular weight is 280 g/mol. The van der Waals surface area contributed by atoms with Gasteiger partial charge in [0.05, 0.1) is 19.3 Å². The summed E-state index contributed by atoms with van der Waals surface area (Å²) in [6, 6.07) is 7.30. The molecule has 1 aromatic carbocycles. The van der Waals surface area contributed by atoms with E-state index < -0.39 is 0 Å². The molecule has 1 unspecified atom stereocenters. The highest BCUT2D eigenvalue weighted by Gasteiger charge is 2.16. The highest BCUT2D eigenvalue weighted by atomic mass is 16.5. The molecule has 0 aromatic heterocycles. The molecule has 112 valence electrons. The molecule has 20 heavy (non-hydrogen) atoms. The lowest BCUT2D eigenvalue weighted by molar-refractivity contribution is -0.120. The number of ether oxygens (including phenoxy) is 2. The third kappa shape index (κ3) is 5.48. The highest BCUT2D eigenvalue weighted by Crippen LogP contribution is 2.26. The van der Waals surface area contributed by atoms with Crippen molar-refractivity contribution < 1.29 is 14.3 Å². The molecule has 0 aliphatic rings. The Balaban J connectivity index is 2.52. The molecule has 0 aliphatic heterocycles. The zero-order valence-corrected chi connectivity index (χ0v) is 12.4. The zero-order valence-electron chi connectivity index (χ0n) is 12.4. The Kier molecular flexibility index (Phi) is 6.87. The second-order valence-electron chi connectivity index (χ2n) is 4.79. The van der Waals surface area contributed by atoms with Gasteiger partial charge in [-0.3, -0.25) is 4.79 Å². The van der Waals surface area contributed by atoms with Crippen LogP contribution in [0.25, 0.3) is 0 Å². The Morgan fingerprint density at radius 3 is 2.35 bits per heavy atom. The van der Waals surface area contributed by atoms with Gasteiger partial charge in [-0.2, -0.15) is 0 Å². The minimum atomic E-state index is -0.380. The van der Waals surface area contributed by atoms with Gasteiger partial charge in [0.15, 0.2) is 11.5 Å². The minimum Gasteiger partial charge on any atom is -0.490 e. The van der Waals surface area contributed by atoms with E-state index in [9.17, 15) is 4.79 Å². The van der Waals surface area contributed by atoms with Crippen molar-refractivity contribution in [2.75, 3.05) is 13.2 Å². The van der Waals surface area contributed by atoms with Crippen molar-refractivity contribution in [3.8, 4) is 11.5 Å². The SMILES string of the molecule is CCOc1ccccc1OCCC(NC(C)C)C(N)=O. The van der Waals surface area contributed by atoms with Crippen LogP contribution in [0.3, 0.4) is 0 Å². The Bertz CT molecular complexity index is 421. The molecule has 5 nitrogen and oxygen atoms in total. The van der Waals surface area contributed by atoms with E-state index in [1.54, 1.807) is 0 Å². The quantitative estimate of drug-likeness (QED) is 0.722. The fourth-order valence-electron chi connectivity index (χ4n) is 1.84. The molecule has 1 amide bonds. The highest BCUT2D eigenvalue weighted by molar-refractivity contribution is 5.79. The van der Waals surface area contributed by atoms with Gasteiger partial charge in [0.2, 0.25) is 5.91 Å². The van der Waals surface area contributed by atoms with Gasteiger partial charge in [0.25, 0.3) is 0 Å². The number of hydrogen-bond donors (Lipinski definition) is 2. The molecule has 5 heteroatoms. The molecule has 1 rings (SSSR count). The molecule has 0 radical (unpaired) electrons. The van der Waals surface area contributed by atoms with Crippen LogP contribution in [0.5, 0.6) is 11.5 Å². The van der Waals surface area contributed by atoms with Gasteiger partial charge in [0, 0.05) is 12.5 Å². The minimum absolute atomic E-state index is 0.197. The van der Waals surface area contributed by atoms with Gasteiger partial charge < -0.3 is 20.5 Å². The number of hydrogen-bond acceptors (Lipinski definition) is 4. The molecular weight excluding hydrogens is 256 g/mol. The summed E-state index contributed by atoms with van der Waals surface area (Å²) in [4.78, 5) is 11.3. The number of para-hydroxylation sites is 2. The lowest BCUT2D eigenvalue weighted by Gasteiger charge is -2.18. The summed E-state index contributed by atoms with van der Waals surface area (Å²) in [6.07, 6.45) is 0.522. The Morgan fingerprint density at radius 1 is 1.25 bits per heavy atom. The molecule has 0 aliphatic carbocycles. The van der Waals surface area contributed by atoms with Gasteiger partial charge in [-0.15, -0.1) is 0 Å². The predicted molar refractivity (Wildman–Crippen MR) is 79.0 cm³/mol. The van der Waals surface area contributed by atoms with E-state index in [1.807, 2.05) is 45.0 Å². The fraction of sp³-hybridized carbons (Fsp3) is 0.533. The maximum Gasteiger partial charge on any atom is 0.234 e. The van der Waals surface area contributed by atoms with Crippen molar-refractivity contribution in [3.63, 3.8) is 0 Å². The Hall–Kier alpha value is -1.75. The van der Waals surface area contributed by atoms with Crippen molar-refractivity contribution in [1.82, 2.24) is 5.32 Å². The smallest absolute Gasteiger partial charge is 0.234 e. The van der Waals surface area contributed by atoms with E-state index in [-0.39, 0.29) is 18.0 Å². The van der Waals surface area contributed by atoms with Crippen LogP contribution in [0.1, 0.15) is 27.2 Å². The molecule has 0 bridgehead atoms. The number of nitrogens with two attached hydrogens (primary N) is 1. The Morgan fingerprint density at radius 2 is 1.85 bits per heavy atom. The number of primary amides is 1. The number of rotatable bonds is 9. The summed E-state index contributed by atoms with van der Waals surface area (Å²) in [6.45, 7) is 6.85. The van der Waals surface area contributed by atoms with Crippen LogP contribution in [-0.2, 0) is 4.79 Å². The number of carbonyl (C=O) groups excluding carboxylic acids is 1. The second kappa shape index (κ2) is 8.43. The lowest BCUT2D eigenvalue weighted by Crippen LogP contribution is -2.45. The summed E-state index contributed by atoms with van der Waals surface area (Å²) in [7, 11) is 0. The summed E-state index contributed by atoms with van der Waals surface area (Å²) in [5.41, 5.74) is 5.36. The van der Waals surface area contributed by atoms with Crippen LogP contribution in [-0.4, -0.2) is 31.2 Å². The van der Waals surface area contributed by atoms with Gasteiger partial charge >= 0.3 is 0 Å². The van der Waals surface area contributed by atoms with Gasteiger partial charge in [-0.25, -0.2) is 0 Å². The first-order valence-corrected chi connectivity index (χ1v) is 6.94. The second-order valence-corrected chi connectivity index (χ2v) is 4.79. The van der Waals surface area contributed by atoms with Crippen molar-refractivity contribution >= 4 is 5.91 Å². The molecule has 0 saturated carbocycles. The topological polar surface area (TPSA) is 73.6 Å². The first kappa shape index (κ1) is 16.3. The van der Waals surface area contributed by atoms with E-state index in [4.69, 9.17) is 15.2 Å². The normalized spacial score (nSPS) is 12.2. The third-order valence-corrected chi connectivity index (χ3v) is 2.69. The molecule has 0 spiro atoms. The summed E-state index contributed by atoms with van der Waals surface area (Å²) in [5.74, 6) is 1.03. The molecular formula is C15H24N2O3. The van der Waals surface area contributed by atoms with Crippen LogP contribution in [0.2, 0.25) is 0 Å². The summed E-state index contributed by atoms with van der Waals surface area (Å²) < 4.78 is 11.2. The summed E-state index contributed by atoms with van der Waals surface area (Å²) in [5, 5.41) is 3.12. The largest absolute Gasteiger partial charge is 0.490 e. The van der Waals surface area contributed by atoms with Crippen molar-refractivity contribution in [2.45, 2.75) is 39.3 Å². The van der Waals surface area contributed by atoms with Crippen molar-refractivity contribution in [1.29, 1.82) is 0 Å². The summed E-state index contributed by atoms with van der Waals surface area (Å²) >= 11 is 0. The van der Waals surface area contributed by atoms with Crippen LogP contribution in [0, 0.1) is 0 Å². The molecule has 0 heterocycles. The molecule has 1 atom stereocenters. The molecule has 1 aromatic rings. The molecule has 3 N–H and O–H groups in total. The zero-order chi connectivity index (χ0) is 15.0. The van der Waals surface area contributed by atoms with Gasteiger partial charge in [-0.1, -0.05) is 26.0 Å². The van der Waals surface area contributed by atoms with Crippen molar-refractivity contribution in [2.24, 2.45) is 5.73 Å². The first-order valence-electron chi connectivity index (χ1n) is 6.94. The number of benzene rings is 1. The van der Waals surface area contributed by atoms with E-state index in [0.717, 1.165) is 0 Å². The molecule has 0 saturated heterocycles. The van der Waals surface area contributed by atoms with E-state index >= 15 is 0 Å². The monoisotopic (exact) mass is 280 g/mol. The Labute approximate surface area is 120 Å². The van der Waals surface area contributed by atoms with E-state index in [2.05, 4.69) is 5.32 Å².